The number of carbonyl (C=O) groups is 1. The number of amides is 1. The Morgan fingerprint density at radius 1 is 1.00 bits per heavy atom. The highest BCUT2D eigenvalue weighted by atomic mass is 32.2. The molecule has 8 heteroatoms. The molecule has 2 aromatic carbocycles. The number of methoxy groups -OCH3 is 2. The quantitative estimate of drug-likeness (QED) is 0.767. The first kappa shape index (κ1) is 20.0. The predicted octanol–water partition coefficient (Wildman–Crippen LogP) is 2.67. The number of carbonyl (C=O) groups excluding carboxylic acids is 1. The van der Waals surface area contributed by atoms with Gasteiger partial charge in [0.1, 0.15) is 0 Å². The number of sulfonamides is 1. The van der Waals surface area contributed by atoms with Crippen molar-refractivity contribution in [2.75, 3.05) is 32.0 Å². The van der Waals surface area contributed by atoms with Crippen molar-refractivity contribution in [2.24, 2.45) is 0 Å². The van der Waals surface area contributed by atoms with Crippen LogP contribution in [0.1, 0.15) is 18.4 Å². The van der Waals surface area contributed by atoms with Gasteiger partial charge in [-0.2, -0.15) is 0 Å². The Balaban J connectivity index is 1.69. The number of ether oxygens (including phenoxy) is 2. The molecule has 2 aromatic rings. The first-order valence-electron chi connectivity index (χ1n) is 9.04. The van der Waals surface area contributed by atoms with Crippen LogP contribution in [-0.2, 0) is 21.2 Å². The summed E-state index contributed by atoms with van der Waals surface area (Å²) in [6, 6.07) is 11.2. The van der Waals surface area contributed by atoms with Crippen LogP contribution in [0.15, 0.2) is 47.4 Å². The van der Waals surface area contributed by atoms with Gasteiger partial charge in [-0.3, -0.25) is 9.52 Å². The van der Waals surface area contributed by atoms with Gasteiger partial charge in [0.15, 0.2) is 11.5 Å². The van der Waals surface area contributed by atoms with Gasteiger partial charge in [0.25, 0.3) is 10.0 Å². The van der Waals surface area contributed by atoms with E-state index in [0.717, 1.165) is 31.5 Å². The zero-order valence-electron chi connectivity index (χ0n) is 16.0. The summed E-state index contributed by atoms with van der Waals surface area (Å²) in [5, 5.41) is 0. The first-order chi connectivity index (χ1) is 13.4. The molecule has 0 spiro atoms. The number of nitrogens with zero attached hydrogens (tertiary/aromatic N) is 1. The summed E-state index contributed by atoms with van der Waals surface area (Å²) in [5.41, 5.74) is 1.28. The molecule has 3 rings (SSSR count). The fraction of sp³-hybridized carbons (Fsp3) is 0.350. The molecule has 0 aliphatic carbocycles. The third-order valence-corrected chi connectivity index (χ3v) is 6.06. The van der Waals surface area contributed by atoms with Crippen molar-refractivity contribution in [3.05, 3.63) is 48.0 Å². The van der Waals surface area contributed by atoms with Crippen molar-refractivity contribution in [3.63, 3.8) is 0 Å². The summed E-state index contributed by atoms with van der Waals surface area (Å²) in [6.45, 7) is 1.64. The fourth-order valence-corrected chi connectivity index (χ4v) is 4.21. The van der Waals surface area contributed by atoms with Crippen molar-refractivity contribution in [2.45, 2.75) is 24.2 Å². The summed E-state index contributed by atoms with van der Waals surface area (Å²) in [7, 11) is -0.846. The molecule has 0 bridgehead atoms. The maximum atomic E-state index is 12.6. The number of likely N-dealkylation sites (tertiary alicyclic amines) is 1. The smallest absolute Gasteiger partial charge is 0.262 e. The summed E-state index contributed by atoms with van der Waals surface area (Å²) >= 11 is 0. The van der Waals surface area contributed by atoms with Crippen molar-refractivity contribution < 1.29 is 22.7 Å². The van der Waals surface area contributed by atoms with Crippen molar-refractivity contribution in [3.8, 4) is 11.5 Å². The van der Waals surface area contributed by atoms with Gasteiger partial charge in [-0.1, -0.05) is 12.1 Å². The molecular formula is C20H24N2O5S. The van der Waals surface area contributed by atoms with Gasteiger partial charge in [-0.25, -0.2) is 8.42 Å². The number of rotatable bonds is 7. The number of benzene rings is 2. The number of hydrogen-bond acceptors (Lipinski definition) is 5. The minimum atomic E-state index is -3.78. The molecule has 0 unspecified atom stereocenters. The van der Waals surface area contributed by atoms with E-state index >= 15 is 0 Å². The van der Waals surface area contributed by atoms with E-state index in [9.17, 15) is 13.2 Å². The maximum Gasteiger partial charge on any atom is 0.262 e. The molecular weight excluding hydrogens is 380 g/mol. The standard InChI is InChI=1S/C20H24N2O5S/c1-26-18-10-9-17(14-19(18)27-2)28(24,25)21-16-7-5-15(6-8-16)13-20(23)22-11-3-4-12-22/h5-10,14,21H,3-4,11-13H2,1-2H3. The molecule has 150 valence electrons. The number of nitrogens with one attached hydrogen (secondary N) is 1. The van der Waals surface area contributed by atoms with Crippen LogP contribution in [0.4, 0.5) is 5.69 Å². The van der Waals surface area contributed by atoms with Crippen molar-refractivity contribution in [1.82, 2.24) is 4.90 Å². The SMILES string of the molecule is COc1ccc(S(=O)(=O)Nc2ccc(CC(=O)N3CCCC3)cc2)cc1OC. The second kappa shape index (κ2) is 8.52. The molecule has 1 aliphatic rings. The molecule has 0 atom stereocenters. The molecule has 1 N–H and O–H groups in total. The molecule has 0 saturated carbocycles. The highest BCUT2D eigenvalue weighted by Crippen LogP contribution is 2.30. The third kappa shape index (κ3) is 4.56. The lowest BCUT2D eigenvalue weighted by atomic mass is 10.1. The van der Waals surface area contributed by atoms with E-state index in [2.05, 4.69) is 4.72 Å². The number of anilines is 1. The van der Waals surface area contributed by atoms with E-state index in [4.69, 9.17) is 9.47 Å². The van der Waals surface area contributed by atoms with Gasteiger partial charge in [-0.05, 0) is 42.7 Å². The van der Waals surface area contributed by atoms with Crippen LogP contribution in [0.5, 0.6) is 11.5 Å². The largest absolute Gasteiger partial charge is 0.493 e. The lowest BCUT2D eigenvalue weighted by molar-refractivity contribution is -0.129. The maximum absolute atomic E-state index is 12.6. The molecule has 0 radical (unpaired) electrons. The van der Waals surface area contributed by atoms with Crippen LogP contribution in [0.25, 0.3) is 0 Å². The van der Waals surface area contributed by atoms with Crippen LogP contribution in [-0.4, -0.2) is 46.5 Å². The van der Waals surface area contributed by atoms with Crippen LogP contribution >= 0.6 is 0 Å². The van der Waals surface area contributed by atoms with Crippen LogP contribution in [0, 0.1) is 0 Å². The van der Waals surface area contributed by atoms with E-state index in [-0.39, 0.29) is 10.8 Å². The van der Waals surface area contributed by atoms with Gasteiger partial charge in [-0.15, -0.1) is 0 Å². The lowest BCUT2D eigenvalue weighted by Crippen LogP contribution is -2.29. The van der Waals surface area contributed by atoms with E-state index in [1.807, 2.05) is 4.90 Å². The minimum Gasteiger partial charge on any atom is -0.493 e. The zero-order valence-corrected chi connectivity index (χ0v) is 16.8. The van der Waals surface area contributed by atoms with Crippen molar-refractivity contribution >= 4 is 21.6 Å². The van der Waals surface area contributed by atoms with Gasteiger partial charge >= 0.3 is 0 Å². The van der Waals surface area contributed by atoms with Gasteiger partial charge < -0.3 is 14.4 Å². The second-order valence-electron chi connectivity index (χ2n) is 6.58. The van der Waals surface area contributed by atoms with E-state index in [1.165, 1.54) is 26.4 Å². The lowest BCUT2D eigenvalue weighted by Gasteiger charge is -2.15. The predicted molar refractivity (Wildman–Crippen MR) is 106 cm³/mol. The molecule has 1 saturated heterocycles. The minimum absolute atomic E-state index is 0.0680. The Labute approximate surface area is 165 Å². The Bertz CT molecular complexity index is 936. The summed E-state index contributed by atoms with van der Waals surface area (Å²) in [5.74, 6) is 0.894. The Morgan fingerprint density at radius 2 is 1.64 bits per heavy atom. The fourth-order valence-electron chi connectivity index (χ4n) is 3.14. The Kier molecular flexibility index (Phi) is 6.08. The van der Waals surface area contributed by atoms with E-state index in [0.29, 0.717) is 23.6 Å². The molecule has 1 fully saturated rings. The van der Waals surface area contributed by atoms with Gasteiger partial charge in [0.05, 0.1) is 25.5 Å². The van der Waals surface area contributed by atoms with Crippen molar-refractivity contribution in [1.29, 1.82) is 0 Å². The summed E-state index contributed by atoms with van der Waals surface area (Å²) in [4.78, 5) is 14.2. The van der Waals surface area contributed by atoms with E-state index < -0.39 is 10.0 Å². The van der Waals surface area contributed by atoms with Crippen LogP contribution < -0.4 is 14.2 Å². The second-order valence-corrected chi connectivity index (χ2v) is 8.27. The molecule has 1 amide bonds. The average molecular weight is 404 g/mol. The molecule has 1 aliphatic heterocycles. The molecule has 1 heterocycles. The Morgan fingerprint density at radius 3 is 2.25 bits per heavy atom. The van der Waals surface area contributed by atoms with Crippen LogP contribution in [0.2, 0.25) is 0 Å². The summed E-state index contributed by atoms with van der Waals surface area (Å²) < 4.78 is 38.1. The van der Waals surface area contributed by atoms with Crippen LogP contribution in [0.3, 0.4) is 0 Å². The molecule has 28 heavy (non-hydrogen) atoms. The average Bonchev–Trinajstić information content (AvgIpc) is 3.23. The number of hydrogen-bond donors (Lipinski definition) is 1. The topological polar surface area (TPSA) is 84.9 Å². The normalized spacial score (nSPS) is 14.0. The summed E-state index contributed by atoms with van der Waals surface area (Å²) in [6.07, 6.45) is 2.44. The van der Waals surface area contributed by atoms with Gasteiger partial charge in [0, 0.05) is 24.8 Å². The van der Waals surface area contributed by atoms with E-state index in [1.54, 1.807) is 30.3 Å². The molecule has 7 nitrogen and oxygen atoms in total. The molecule has 0 aromatic heterocycles. The highest BCUT2D eigenvalue weighted by Gasteiger charge is 2.19. The third-order valence-electron chi connectivity index (χ3n) is 4.69. The first-order valence-corrected chi connectivity index (χ1v) is 10.5. The zero-order chi connectivity index (χ0) is 20.1. The van der Waals surface area contributed by atoms with Gasteiger partial charge in [0.2, 0.25) is 5.91 Å². The Hall–Kier alpha value is -2.74. The highest BCUT2D eigenvalue weighted by molar-refractivity contribution is 7.92. The monoisotopic (exact) mass is 404 g/mol.